The maximum absolute atomic E-state index is 11.3. The van der Waals surface area contributed by atoms with E-state index in [1.807, 2.05) is 14.1 Å². The summed E-state index contributed by atoms with van der Waals surface area (Å²) in [5.41, 5.74) is -0.676. The third-order valence-electron chi connectivity index (χ3n) is 3.34. The predicted octanol–water partition coefficient (Wildman–Crippen LogP) is 0.923. The Hall–Kier alpha value is -0.610. The van der Waals surface area contributed by atoms with Crippen molar-refractivity contribution in [1.82, 2.24) is 10.2 Å². The summed E-state index contributed by atoms with van der Waals surface area (Å²) in [5.74, 6) is -0.694. The first-order valence-electron chi connectivity index (χ1n) is 5.66. The van der Waals surface area contributed by atoms with Crippen molar-refractivity contribution in [2.24, 2.45) is 0 Å². The van der Waals surface area contributed by atoms with Gasteiger partial charge in [-0.1, -0.05) is 6.92 Å². The normalized spacial score (nSPS) is 31.1. The molecule has 1 aliphatic carbocycles. The second-order valence-corrected chi connectivity index (χ2v) is 4.67. The van der Waals surface area contributed by atoms with E-state index in [1.54, 1.807) is 0 Å². The first-order valence-corrected chi connectivity index (χ1v) is 5.66. The molecule has 0 aromatic carbocycles. The number of carbonyl (C=O) groups is 1. The molecule has 0 spiro atoms. The molecule has 0 aliphatic heterocycles. The fourth-order valence-corrected chi connectivity index (χ4v) is 2.25. The maximum atomic E-state index is 11.3. The summed E-state index contributed by atoms with van der Waals surface area (Å²) in [5, 5.41) is 12.5. The highest BCUT2D eigenvalue weighted by atomic mass is 16.4. The highest BCUT2D eigenvalue weighted by Gasteiger charge is 2.45. The second-order valence-electron chi connectivity index (χ2n) is 4.67. The molecule has 1 fully saturated rings. The van der Waals surface area contributed by atoms with E-state index in [0.29, 0.717) is 6.04 Å². The van der Waals surface area contributed by atoms with Gasteiger partial charge in [0, 0.05) is 6.04 Å². The molecule has 0 amide bonds. The molecule has 2 N–H and O–H groups in total. The Morgan fingerprint density at radius 2 is 2.27 bits per heavy atom. The first-order chi connectivity index (χ1) is 7.02. The van der Waals surface area contributed by atoms with E-state index in [2.05, 4.69) is 17.1 Å². The number of rotatable bonds is 5. The van der Waals surface area contributed by atoms with Crippen LogP contribution in [0.2, 0.25) is 0 Å². The molecule has 15 heavy (non-hydrogen) atoms. The van der Waals surface area contributed by atoms with Crippen molar-refractivity contribution in [2.45, 2.75) is 44.2 Å². The predicted molar refractivity (Wildman–Crippen MR) is 60.0 cm³/mol. The highest BCUT2D eigenvalue weighted by molar-refractivity contribution is 5.79. The van der Waals surface area contributed by atoms with E-state index in [0.717, 1.165) is 32.2 Å². The van der Waals surface area contributed by atoms with Crippen LogP contribution in [0.3, 0.4) is 0 Å². The molecule has 0 aromatic heterocycles. The zero-order chi connectivity index (χ0) is 11.5. The van der Waals surface area contributed by atoms with Crippen LogP contribution in [0.1, 0.15) is 32.6 Å². The lowest BCUT2D eigenvalue weighted by molar-refractivity contribution is -0.144. The van der Waals surface area contributed by atoms with Gasteiger partial charge in [-0.2, -0.15) is 0 Å². The average molecular weight is 214 g/mol. The summed E-state index contributed by atoms with van der Waals surface area (Å²) in [6.07, 6.45) is 3.40. The van der Waals surface area contributed by atoms with Gasteiger partial charge in [-0.25, -0.2) is 0 Å². The summed E-state index contributed by atoms with van der Waals surface area (Å²) in [6, 6.07) is 0.394. The van der Waals surface area contributed by atoms with Crippen LogP contribution >= 0.6 is 0 Å². The Bertz CT molecular complexity index is 231. The summed E-state index contributed by atoms with van der Waals surface area (Å²) in [7, 11) is 4.03. The molecule has 1 rings (SSSR count). The average Bonchev–Trinajstić information content (AvgIpc) is 2.60. The van der Waals surface area contributed by atoms with Gasteiger partial charge in [0.25, 0.3) is 0 Å². The van der Waals surface area contributed by atoms with Gasteiger partial charge in [0.15, 0.2) is 0 Å². The van der Waals surface area contributed by atoms with Crippen LogP contribution in [-0.2, 0) is 4.79 Å². The van der Waals surface area contributed by atoms with E-state index >= 15 is 0 Å². The van der Waals surface area contributed by atoms with Crippen molar-refractivity contribution in [3.8, 4) is 0 Å². The van der Waals surface area contributed by atoms with E-state index in [4.69, 9.17) is 0 Å². The Morgan fingerprint density at radius 1 is 1.60 bits per heavy atom. The van der Waals surface area contributed by atoms with E-state index in [-0.39, 0.29) is 0 Å². The molecular formula is C11H22N2O2. The van der Waals surface area contributed by atoms with Gasteiger partial charge in [0.05, 0.1) is 0 Å². The third-order valence-corrected chi connectivity index (χ3v) is 3.34. The molecule has 0 aromatic rings. The summed E-state index contributed by atoms with van der Waals surface area (Å²) >= 11 is 0. The van der Waals surface area contributed by atoms with Crippen molar-refractivity contribution in [3.63, 3.8) is 0 Å². The van der Waals surface area contributed by atoms with E-state index in [9.17, 15) is 9.90 Å². The smallest absolute Gasteiger partial charge is 0.323 e. The Morgan fingerprint density at radius 3 is 2.67 bits per heavy atom. The fraction of sp³-hybridized carbons (Fsp3) is 0.909. The Labute approximate surface area is 91.6 Å². The van der Waals surface area contributed by atoms with Crippen LogP contribution in [0.5, 0.6) is 0 Å². The first kappa shape index (κ1) is 12.5. The third kappa shape index (κ3) is 2.69. The number of aliphatic carboxylic acids is 1. The molecule has 0 heterocycles. The maximum Gasteiger partial charge on any atom is 0.323 e. The highest BCUT2D eigenvalue weighted by Crippen LogP contribution is 2.32. The van der Waals surface area contributed by atoms with Crippen LogP contribution in [0.15, 0.2) is 0 Å². The van der Waals surface area contributed by atoms with Crippen LogP contribution in [0, 0.1) is 0 Å². The van der Waals surface area contributed by atoms with Crippen LogP contribution in [0.25, 0.3) is 0 Å². The van der Waals surface area contributed by atoms with Crippen LogP contribution in [0.4, 0.5) is 0 Å². The van der Waals surface area contributed by atoms with Gasteiger partial charge in [0.2, 0.25) is 0 Å². The molecule has 0 saturated heterocycles. The van der Waals surface area contributed by atoms with Crippen LogP contribution in [-0.4, -0.2) is 48.2 Å². The van der Waals surface area contributed by atoms with Gasteiger partial charge in [-0.3, -0.25) is 4.79 Å². The minimum atomic E-state index is -0.694. The molecule has 1 aliphatic rings. The van der Waals surface area contributed by atoms with Gasteiger partial charge < -0.3 is 15.3 Å². The SMILES string of the molecule is CCCNC1(C(=O)O)CCC(N(C)C)C1. The molecule has 2 unspecified atom stereocenters. The van der Waals surface area contributed by atoms with Crippen molar-refractivity contribution >= 4 is 5.97 Å². The molecule has 2 atom stereocenters. The zero-order valence-corrected chi connectivity index (χ0v) is 9.92. The molecule has 88 valence electrons. The Kier molecular flexibility index (Phi) is 4.11. The molecule has 0 bridgehead atoms. The van der Waals surface area contributed by atoms with Crippen molar-refractivity contribution < 1.29 is 9.90 Å². The lowest BCUT2D eigenvalue weighted by Crippen LogP contribution is -2.51. The summed E-state index contributed by atoms with van der Waals surface area (Å²) in [4.78, 5) is 13.4. The van der Waals surface area contributed by atoms with E-state index in [1.165, 1.54) is 0 Å². The minimum absolute atomic E-state index is 0.394. The zero-order valence-electron chi connectivity index (χ0n) is 9.92. The molecule has 0 radical (unpaired) electrons. The van der Waals surface area contributed by atoms with Crippen LogP contribution < -0.4 is 5.32 Å². The number of carboxylic acid groups (broad SMARTS) is 1. The van der Waals surface area contributed by atoms with Gasteiger partial charge in [-0.05, 0) is 46.3 Å². The largest absolute Gasteiger partial charge is 0.480 e. The van der Waals surface area contributed by atoms with Crippen molar-refractivity contribution in [2.75, 3.05) is 20.6 Å². The number of carboxylic acids is 1. The number of hydrogen-bond donors (Lipinski definition) is 2. The molecular weight excluding hydrogens is 192 g/mol. The fourth-order valence-electron chi connectivity index (χ4n) is 2.25. The van der Waals surface area contributed by atoms with Gasteiger partial charge in [-0.15, -0.1) is 0 Å². The number of nitrogens with zero attached hydrogens (tertiary/aromatic N) is 1. The lowest BCUT2D eigenvalue weighted by atomic mass is 9.97. The minimum Gasteiger partial charge on any atom is -0.480 e. The van der Waals surface area contributed by atoms with E-state index < -0.39 is 11.5 Å². The number of hydrogen-bond acceptors (Lipinski definition) is 3. The monoisotopic (exact) mass is 214 g/mol. The molecule has 4 heteroatoms. The lowest BCUT2D eigenvalue weighted by Gasteiger charge is -2.27. The van der Waals surface area contributed by atoms with Gasteiger partial charge in [0.1, 0.15) is 5.54 Å². The molecule has 1 saturated carbocycles. The quantitative estimate of drug-likeness (QED) is 0.714. The van der Waals surface area contributed by atoms with Gasteiger partial charge >= 0.3 is 5.97 Å². The topological polar surface area (TPSA) is 52.6 Å². The van der Waals surface area contributed by atoms with Crippen molar-refractivity contribution in [1.29, 1.82) is 0 Å². The second kappa shape index (κ2) is 4.94. The standard InChI is InChI=1S/C11H22N2O2/c1-4-7-12-11(10(14)15)6-5-9(8-11)13(2)3/h9,12H,4-8H2,1-3H3,(H,14,15). The molecule has 4 nitrogen and oxygen atoms in total. The van der Waals surface area contributed by atoms with Crippen molar-refractivity contribution in [3.05, 3.63) is 0 Å². The summed E-state index contributed by atoms with van der Waals surface area (Å²) < 4.78 is 0. The Balaban J connectivity index is 2.65. The number of nitrogens with one attached hydrogen (secondary N) is 1. The summed E-state index contributed by atoms with van der Waals surface area (Å²) in [6.45, 7) is 2.84.